The molecule has 0 heterocycles. The van der Waals surface area contributed by atoms with Crippen molar-refractivity contribution in [3.63, 3.8) is 0 Å². The first-order chi connectivity index (χ1) is 11.3. The zero-order chi connectivity index (χ0) is 15.9. The van der Waals surface area contributed by atoms with Crippen molar-refractivity contribution in [2.24, 2.45) is 0 Å². The third kappa shape index (κ3) is 2.26. The van der Waals surface area contributed by atoms with Crippen LogP contribution < -0.4 is 0 Å². The standard InChI is InChI=1S/C22H24Si/c1-3-23(4-2,21-13-17-9-5-6-10-18(17)14-21)22-15-19-11-7-8-12-20(19)16-22/h5-13,15H,3-4,14,16H2,1-2H3. The smallest absolute Gasteiger partial charge is 0.0710 e. The molecule has 2 aromatic carbocycles. The average molecular weight is 317 g/mol. The fourth-order valence-corrected chi connectivity index (χ4v) is 9.19. The van der Waals surface area contributed by atoms with Crippen molar-refractivity contribution in [3.8, 4) is 0 Å². The lowest BCUT2D eigenvalue weighted by atomic mass is 10.1. The maximum Gasteiger partial charge on any atom is 0.109 e. The van der Waals surface area contributed by atoms with Gasteiger partial charge in [0.25, 0.3) is 0 Å². The highest BCUT2D eigenvalue weighted by Crippen LogP contribution is 2.43. The fraction of sp³-hybridized carbons (Fsp3) is 0.273. The van der Waals surface area contributed by atoms with E-state index in [1.807, 2.05) is 0 Å². The van der Waals surface area contributed by atoms with Crippen LogP contribution >= 0.6 is 0 Å². The van der Waals surface area contributed by atoms with Gasteiger partial charge < -0.3 is 0 Å². The van der Waals surface area contributed by atoms with Gasteiger partial charge in [-0.3, -0.25) is 0 Å². The Morgan fingerprint density at radius 3 is 1.52 bits per heavy atom. The zero-order valence-corrected chi connectivity index (χ0v) is 15.1. The molecule has 0 amide bonds. The van der Waals surface area contributed by atoms with Gasteiger partial charge in [-0.05, 0) is 35.1 Å². The third-order valence-corrected chi connectivity index (χ3v) is 11.5. The van der Waals surface area contributed by atoms with Gasteiger partial charge in [0.2, 0.25) is 0 Å². The number of allylic oxidation sites excluding steroid dienone is 2. The van der Waals surface area contributed by atoms with E-state index in [0.717, 1.165) is 0 Å². The first-order valence-corrected chi connectivity index (χ1v) is 11.3. The summed E-state index contributed by atoms with van der Waals surface area (Å²) in [5.74, 6) is 0. The van der Waals surface area contributed by atoms with Crippen LogP contribution in [0.5, 0.6) is 0 Å². The molecule has 23 heavy (non-hydrogen) atoms. The molecule has 0 fully saturated rings. The van der Waals surface area contributed by atoms with Crippen LogP contribution in [0.1, 0.15) is 36.1 Å². The molecule has 0 atom stereocenters. The van der Waals surface area contributed by atoms with Gasteiger partial charge in [-0.15, -0.1) is 0 Å². The molecule has 0 radical (unpaired) electrons. The topological polar surface area (TPSA) is 0 Å². The largest absolute Gasteiger partial charge is 0.109 e. The van der Waals surface area contributed by atoms with Gasteiger partial charge in [-0.25, -0.2) is 0 Å². The van der Waals surface area contributed by atoms with Gasteiger partial charge in [0.05, 0.1) is 0 Å². The van der Waals surface area contributed by atoms with E-state index >= 15 is 0 Å². The van der Waals surface area contributed by atoms with Crippen molar-refractivity contribution in [3.05, 3.63) is 81.2 Å². The number of fused-ring (bicyclic) bond motifs is 2. The molecule has 0 N–H and O–H groups in total. The monoisotopic (exact) mass is 316 g/mol. The molecule has 0 aliphatic heterocycles. The van der Waals surface area contributed by atoms with Crippen molar-refractivity contribution in [2.45, 2.75) is 38.8 Å². The lowest BCUT2D eigenvalue weighted by Gasteiger charge is -2.33. The minimum absolute atomic E-state index is 1.18. The Hall–Kier alpha value is -1.86. The van der Waals surface area contributed by atoms with E-state index in [9.17, 15) is 0 Å². The number of benzene rings is 2. The van der Waals surface area contributed by atoms with E-state index in [1.54, 1.807) is 10.4 Å². The molecule has 0 spiro atoms. The van der Waals surface area contributed by atoms with Gasteiger partial charge in [0.1, 0.15) is 8.07 Å². The second kappa shape index (κ2) is 5.65. The second-order valence-electron chi connectivity index (χ2n) is 6.88. The summed E-state index contributed by atoms with van der Waals surface area (Å²) in [5, 5.41) is 3.51. The minimum Gasteiger partial charge on any atom is -0.0710 e. The summed E-state index contributed by atoms with van der Waals surface area (Å²) in [6, 6.07) is 20.5. The van der Waals surface area contributed by atoms with Crippen molar-refractivity contribution in [1.82, 2.24) is 0 Å². The van der Waals surface area contributed by atoms with Crippen LogP contribution in [0.4, 0.5) is 0 Å². The zero-order valence-electron chi connectivity index (χ0n) is 14.1. The molecule has 0 saturated carbocycles. The molecule has 4 rings (SSSR count). The Morgan fingerprint density at radius 1 is 0.696 bits per heavy atom. The Kier molecular flexibility index (Phi) is 3.61. The van der Waals surface area contributed by atoms with Crippen molar-refractivity contribution in [2.75, 3.05) is 0 Å². The first kappa shape index (κ1) is 14.7. The highest BCUT2D eigenvalue weighted by atomic mass is 28.3. The molecule has 2 aliphatic rings. The summed E-state index contributed by atoms with van der Waals surface area (Å²) in [5.41, 5.74) is 5.96. The summed E-state index contributed by atoms with van der Waals surface area (Å²) in [6.07, 6.45) is 7.41. The average Bonchev–Trinajstić information content (AvgIpc) is 3.21. The Bertz CT molecular complexity index is 741. The number of rotatable bonds is 4. The van der Waals surface area contributed by atoms with Gasteiger partial charge in [-0.2, -0.15) is 0 Å². The molecule has 116 valence electrons. The summed E-state index contributed by atoms with van der Waals surface area (Å²) < 4.78 is 0. The summed E-state index contributed by atoms with van der Waals surface area (Å²) in [4.78, 5) is 0. The first-order valence-electron chi connectivity index (χ1n) is 8.84. The van der Waals surface area contributed by atoms with Gasteiger partial charge in [0.15, 0.2) is 0 Å². The fourth-order valence-electron chi connectivity index (χ4n) is 4.54. The predicted molar refractivity (Wildman–Crippen MR) is 103 cm³/mol. The van der Waals surface area contributed by atoms with Gasteiger partial charge >= 0.3 is 0 Å². The lowest BCUT2D eigenvalue weighted by molar-refractivity contribution is 1.15. The molecule has 2 aromatic rings. The van der Waals surface area contributed by atoms with Crippen LogP contribution in [0.25, 0.3) is 12.2 Å². The molecule has 0 saturated heterocycles. The van der Waals surface area contributed by atoms with Crippen molar-refractivity contribution < 1.29 is 0 Å². The maximum atomic E-state index is 2.53. The molecule has 0 aromatic heterocycles. The normalized spacial score (nSPS) is 15.9. The van der Waals surface area contributed by atoms with E-state index in [4.69, 9.17) is 0 Å². The minimum atomic E-state index is -1.55. The van der Waals surface area contributed by atoms with E-state index in [1.165, 1.54) is 47.2 Å². The molecule has 2 aliphatic carbocycles. The van der Waals surface area contributed by atoms with Crippen LogP contribution in [-0.4, -0.2) is 8.07 Å². The van der Waals surface area contributed by atoms with Gasteiger partial charge in [-0.1, -0.05) is 97.0 Å². The van der Waals surface area contributed by atoms with Crippen LogP contribution in [-0.2, 0) is 12.8 Å². The summed E-state index contributed by atoms with van der Waals surface area (Å²) >= 11 is 0. The molecular weight excluding hydrogens is 292 g/mol. The number of hydrogen-bond acceptors (Lipinski definition) is 0. The van der Waals surface area contributed by atoms with Crippen LogP contribution in [0, 0.1) is 0 Å². The SMILES string of the molecule is CC[Si](CC)(C1=Cc2ccccc2C1)C1=Cc2ccccc2C1. The van der Waals surface area contributed by atoms with E-state index in [2.05, 4.69) is 74.5 Å². The molecule has 0 unspecified atom stereocenters. The Balaban J connectivity index is 1.75. The second-order valence-corrected chi connectivity index (χ2v) is 11.7. The summed E-state index contributed by atoms with van der Waals surface area (Å²) in [6.45, 7) is 4.84. The van der Waals surface area contributed by atoms with Crippen molar-refractivity contribution in [1.29, 1.82) is 0 Å². The molecule has 1 heteroatoms. The van der Waals surface area contributed by atoms with Crippen LogP contribution in [0.15, 0.2) is 58.9 Å². The van der Waals surface area contributed by atoms with E-state index in [-0.39, 0.29) is 0 Å². The number of hydrogen-bond donors (Lipinski definition) is 0. The quantitative estimate of drug-likeness (QED) is 0.622. The van der Waals surface area contributed by atoms with Crippen LogP contribution in [0.2, 0.25) is 12.1 Å². The van der Waals surface area contributed by atoms with Crippen molar-refractivity contribution >= 4 is 20.2 Å². The Labute approximate surface area is 140 Å². The van der Waals surface area contributed by atoms with E-state index in [0.29, 0.717) is 0 Å². The lowest BCUT2D eigenvalue weighted by Crippen LogP contribution is -2.39. The summed E-state index contributed by atoms with van der Waals surface area (Å²) in [7, 11) is -1.55. The highest BCUT2D eigenvalue weighted by Gasteiger charge is 2.40. The van der Waals surface area contributed by atoms with Gasteiger partial charge in [0, 0.05) is 0 Å². The molecule has 0 nitrogen and oxygen atoms in total. The molecular formula is C22H24Si. The maximum absolute atomic E-state index is 2.53. The Morgan fingerprint density at radius 2 is 1.13 bits per heavy atom. The highest BCUT2D eigenvalue weighted by molar-refractivity contribution is 6.93. The van der Waals surface area contributed by atoms with E-state index < -0.39 is 8.07 Å². The van der Waals surface area contributed by atoms with Crippen LogP contribution in [0.3, 0.4) is 0 Å². The third-order valence-electron chi connectivity index (χ3n) is 5.97. The molecule has 0 bridgehead atoms. The predicted octanol–water partition coefficient (Wildman–Crippen LogP) is 5.83.